The summed E-state index contributed by atoms with van der Waals surface area (Å²) in [7, 11) is 0. The van der Waals surface area contributed by atoms with Gasteiger partial charge in [0.1, 0.15) is 16.7 Å². The molecule has 0 aliphatic heterocycles. The highest BCUT2D eigenvalue weighted by Crippen LogP contribution is 2.63. The average molecular weight is 556 g/mol. The lowest BCUT2D eigenvalue weighted by molar-refractivity contribution is 0.354. The number of rotatable bonds is 3. The Hall–Kier alpha value is -3.03. The van der Waals surface area contributed by atoms with Crippen molar-refractivity contribution in [3.8, 4) is 30.6 Å². The molecule has 3 heterocycles. The minimum absolute atomic E-state index is 0.0455. The van der Waals surface area contributed by atoms with Crippen LogP contribution in [0.15, 0.2) is 40.8 Å². The van der Waals surface area contributed by atoms with Crippen molar-refractivity contribution in [2.75, 3.05) is 5.73 Å². The van der Waals surface area contributed by atoms with Crippen LogP contribution in [0.3, 0.4) is 0 Å². The summed E-state index contributed by atoms with van der Waals surface area (Å²) in [5, 5.41) is 0. The number of hydrogen-bond acceptors (Lipinski definition) is 8. The maximum atomic E-state index is 7.50. The van der Waals surface area contributed by atoms with Crippen LogP contribution in [-0.4, -0.2) is 8.75 Å². The van der Waals surface area contributed by atoms with Crippen molar-refractivity contribution in [1.29, 1.82) is 0 Å². The molecule has 37 heavy (non-hydrogen) atoms. The van der Waals surface area contributed by atoms with Gasteiger partial charge in [-0.25, -0.2) is 4.85 Å². The van der Waals surface area contributed by atoms with Gasteiger partial charge in [0.2, 0.25) is 5.69 Å². The number of nitrogens with two attached hydrogens (primary N) is 1. The summed E-state index contributed by atoms with van der Waals surface area (Å²) in [6.45, 7) is 9.49. The van der Waals surface area contributed by atoms with Crippen LogP contribution in [0.5, 0.6) is 0 Å². The average Bonchev–Trinajstić information content (AvgIpc) is 3.70. The number of aromatic nitrogens is 2. The third kappa shape index (κ3) is 3.23. The van der Waals surface area contributed by atoms with E-state index in [1.807, 2.05) is 41.7 Å². The van der Waals surface area contributed by atoms with E-state index < -0.39 is 0 Å². The Kier molecular flexibility index (Phi) is 5.31. The summed E-state index contributed by atoms with van der Waals surface area (Å²) in [5.41, 5.74) is 15.9. The van der Waals surface area contributed by atoms with Crippen LogP contribution in [0.1, 0.15) is 48.8 Å². The minimum Gasteiger partial charge on any atom is -0.397 e. The number of anilines is 1. The lowest BCUT2D eigenvalue weighted by Gasteiger charge is -2.34. The number of thiophene rings is 2. The van der Waals surface area contributed by atoms with E-state index >= 15 is 0 Å². The van der Waals surface area contributed by atoms with Crippen molar-refractivity contribution in [3.05, 3.63) is 64.5 Å². The zero-order valence-electron chi connectivity index (χ0n) is 20.0. The van der Waals surface area contributed by atoms with E-state index in [1.165, 1.54) is 61.6 Å². The zero-order chi connectivity index (χ0) is 25.3. The Bertz CT molecular complexity index is 1780. The van der Waals surface area contributed by atoms with Crippen LogP contribution in [-0.2, 0) is 17.8 Å². The fourth-order valence-electron chi connectivity index (χ4n) is 6.08. The molecule has 0 saturated heterocycles. The molecule has 5 aromatic rings. The molecule has 7 rings (SSSR count). The quantitative estimate of drug-likeness (QED) is 0.178. The van der Waals surface area contributed by atoms with Crippen LogP contribution in [0, 0.1) is 13.5 Å². The molecule has 2 aliphatic carbocycles. The van der Waals surface area contributed by atoms with E-state index in [2.05, 4.69) is 42.2 Å². The molecule has 3 aromatic heterocycles. The highest BCUT2D eigenvalue weighted by Gasteiger charge is 2.46. The van der Waals surface area contributed by atoms with Gasteiger partial charge in [0.25, 0.3) is 0 Å². The van der Waals surface area contributed by atoms with Crippen molar-refractivity contribution < 1.29 is 0 Å². The number of aryl methyl sites for hydroxylation is 1. The first kappa shape index (κ1) is 23.1. The number of hydrogen-bond donors (Lipinski definition) is 1. The molecule has 2 aromatic carbocycles. The molecule has 0 atom stereocenters. The van der Waals surface area contributed by atoms with E-state index in [9.17, 15) is 0 Å². The molecule has 2 aliphatic rings. The molecule has 5 nitrogen and oxygen atoms in total. The van der Waals surface area contributed by atoms with Gasteiger partial charge in [-0.3, -0.25) is 0 Å². The second kappa shape index (κ2) is 8.50. The largest absolute Gasteiger partial charge is 0.397 e. The number of benzene rings is 2. The predicted molar refractivity (Wildman–Crippen MR) is 158 cm³/mol. The topological polar surface area (TPSA) is 68.5 Å². The van der Waals surface area contributed by atoms with E-state index in [1.54, 1.807) is 0 Å². The molecule has 1 saturated carbocycles. The van der Waals surface area contributed by atoms with Crippen molar-refractivity contribution in [1.82, 2.24) is 8.75 Å². The third-order valence-electron chi connectivity index (χ3n) is 7.98. The number of nitrogens with zero attached hydrogens (tertiary/aromatic N) is 4. The van der Waals surface area contributed by atoms with E-state index in [4.69, 9.17) is 24.7 Å². The molecule has 0 unspecified atom stereocenters. The van der Waals surface area contributed by atoms with Gasteiger partial charge in [0.05, 0.1) is 24.0 Å². The molecule has 182 valence electrons. The van der Waals surface area contributed by atoms with E-state index in [0.717, 1.165) is 35.0 Å². The summed E-state index contributed by atoms with van der Waals surface area (Å²) >= 11 is 10.00. The van der Waals surface area contributed by atoms with Gasteiger partial charge >= 0.3 is 0 Å². The first-order chi connectivity index (χ1) is 18.1. The van der Waals surface area contributed by atoms with Gasteiger partial charge in [0.15, 0.2) is 0 Å². The van der Waals surface area contributed by atoms with Crippen LogP contribution in [0.25, 0.3) is 46.5 Å². The summed E-state index contributed by atoms with van der Waals surface area (Å²) < 4.78 is 13.2. The molecule has 1 spiro atoms. The molecular weight excluding hydrogens is 535 g/mol. The van der Waals surface area contributed by atoms with Gasteiger partial charge < -0.3 is 5.73 Å². The molecular formula is C28H21N5S4. The van der Waals surface area contributed by atoms with E-state index in [0.29, 0.717) is 22.6 Å². The smallest absolute Gasteiger partial charge is 0.215 e. The second-order valence-electron chi connectivity index (χ2n) is 9.84. The van der Waals surface area contributed by atoms with Crippen LogP contribution in [0.4, 0.5) is 17.1 Å². The monoisotopic (exact) mass is 555 g/mol. The summed E-state index contributed by atoms with van der Waals surface area (Å²) in [6, 6.07) is 12.9. The van der Waals surface area contributed by atoms with Gasteiger partial charge in [-0.15, -0.1) is 22.7 Å². The zero-order valence-corrected chi connectivity index (χ0v) is 23.3. The Morgan fingerprint density at radius 3 is 2.27 bits per heavy atom. The van der Waals surface area contributed by atoms with Gasteiger partial charge in [-0.1, -0.05) is 43.5 Å². The van der Waals surface area contributed by atoms with Crippen molar-refractivity contribution >= 4 is 74.9 Å². The maximum absolute atomic E-state index is 7.50. The lowest BCUT2D eigenvalue weighted by atomic mass is 9.68. The first-order valence-corrected chi connectivity index (χ1v) is 14.9. The highest BCUT2D eigenvalue weighted by molar-refractivity contribution is 7.47. The first-order valence-electron chi connectivity index (χ1n) is 12.2. The standard InChI is InChI=1S/C28H21N5S4/c1-14-6-7-15(23(31-34)22(14)29)20-12-17-26(35-20)27-18(28(17)10-4-3-5-11-28)13-21(36-27)16-8-9-19(30-2)25-24(16)32-37-33-25/h6-9,12-13H,3-5,10-11,29H2,1H3. The number of nitrogen functional groups attached to an aromatic ring is 1. The predicted octanol–water partition coefficient (Wildman–Crippen LogP) is 9.18. The normalized spacial score (nSPS) is 15.6. The summed E-state index contributed by atoms with van der Waals surface area (Å²) in [6.07, 6.45) is 6.09. The van der Waals surface area contributed by atoms with Crippen LogP contribution < -0.4 is 5.73 Å². The Labute approximate surface area is 232 Å². The molecule has 1 fully saturated rings. The second-order valence-corrected chi connectivity index (χ2v) is 12.7. The maximum Gasteiger partial charge on any atom is 0.215 e. The van der Waals surface area contributed by atoms with Crippen LogP contribution >= 0.6 is 34.4 Å². The molecule has 0 radical (unpaired) electrons. The molecule has 9 heteroatoms. The molecule has 2 N–H and O–H groups in total. The summed E-state index contributed by atoms with van der Waals surface area (Å²) in [5.74, 6) is 0. The fraction of sp³-hybridized carbons (Fsp3) is 0.250. The Morgan fingerprint density at radius 1 is 0.946 bits per heavy atom. The van der Waals surface area contributed by atoms with E-state index in [-0.39, 0.29) is 5.41 Å². The summed E-state index contributed by atoms with van der Waals surface area (Å²) in [4.78, 5) is 8.76. The highest BCUT2D eigenvalue weighted by atomic mass is 32.1. The SMILES string of the molecule is [C-]#[N+]c1ccc(-c2cc3c(s2)-c2sc(-c4ccc(C)c(N)c4N=S)cc2C32CCCCC2)c2nsnc12. The van der Waals surface area contributed by atoms with Crippen molar-refractivity contribution in [2.24, 2.45) is 4.36 Å². The lowest BCUT2D eigenvalue weighted by Crippen LogP contribution is -2.27. The van der Waals surface area contributed by atoms with Gasteiger partial charge in [-0.05, 0) is 48.6 Å². The van der Waals surface area contributed by atoms with Gasteiger partial charge in [0, 0.05) is 48.5 Å². The van der Waals surface area contributed by atoms with Gasteiger partial charge in [-0.2, -0.15) is 13.1 Å². The number of fused-ring (bicyclic) bond motifs is 6. The molecule has 0 bridgehead atoms. The Balaban J connectivity index is 1.43. The van der Waals surface area contributed by atoms with Crippen molar-refractivity contribution in [2.45, 2.75) is 44.4 Å². The Morgan fingerprint density at radius 2 is 1.59 bits per heavy atom. The van der Waals surface area contributed by atoms with Crippen LogP contribution in [0.2, 0.25) is 0 Å². The third-order valence-corrected chi connectivity index (χ3v) is 11.2. The minimum atomic E-state index is 0.0455. The fourth-order valence-corrected chi connectivity index (χ4v) is 9.58. The van der Waals surface area contributed by atoms with Crippen molar-refractivity contribution in [3.63, 3.8) is 0 Å². The molecule has 0 amide bonds.